The van der Waals surface area contributed by atoms with Crippen LogP contribution in [-0.2, 0) is 9.59 Å². The number of hydrogen-bond acceptors (Lipinski definition) is 5. The molecule has 1 saturated heterocycles. The molecule has 2 aromatic carbocycles. The van der Waals surface area contributed by atoms with Crippen molar-refractivity contribution in [3.05, 3.63) is 69.7 Å². The van der Waals surface area contributed by atoms with E-state index in [0.29, 0.717) is 24.3 Å². The van der Waals surface area contributed by atoms with Gasteiger partial charge in [-0.25, -0.2) is 0 Å². The molecule has 1 N–H and O–H groups in total. The minimum Gasteiger partial charge on any atom is -0.507 e. The standard InChI is InChI=1S/C23H25BrN2O4/c1-25(2)12-5-13-26-20(16-6-4-7-18(14-16)30-3)19(22(28)23(26)29)21(27)15-8-10-17(24)11-9-15/h4,6-11,14,20,27H,5,12-13H2,1-3H3/b21-19+. The van der Waals surface area contributed by atoms with Crippen LogP contribution in [0, 0.1) is 0 Å². The van der Waals surface area contributed by atoms with Gasteiger partial charge in [0.15, 0.2) is 0 Å². The maximum atomic E-state index is 13.0. The summed E-state index contributed by atoms with van der Waals surface area (Å²) < 4.78 is 6.18. The molecular weight excluding hydrogens is 448 g/mol. The Morgan fingerprint density at radius 3 is 2.50 bits per heavy atom. The summed E-state index contributed by atoms with van der Waals surface area (Å²) in [5.41, 5.74) is 1.30. The molecule has 158 valence electrons. The van der Waals surface area contributed by atoms with Crippen molar-refractivity contribution in [3.8, 4) is 5.75 Å². The first-order chi connectivity index (χ1) is 14.3. The van der Waals surface area contributed by atoms with Gasteiger partial charge in [-0.15, -0.1) is 0 Å². The molecular formula is C23H25BrN2O4. The lowest BCUT2D eigenvalue weighted by Crippen LogP contribution is -2.32. The molecule has 0 saturated carbocycles. The lowest BCUT2D eigenvalue weighted by Gasteiger charge is -2.26. The zero-order valence-electron chi connectivity index (χ0n) is 17.3. The van der Waals surface area contributed by atoms with Gasteiger partial charge >= 0.3 is 0 Å². The third kappa shape index (κ3) is 4.57. The first kappa shape index (κ1) is 22.1. The van der Waals surface area contributed by atoms with E-state index in [-0.39, 0.29) is 11.3 Å². The fraction of sp³-hybridized carbons (Fsp3) is 0.304. The second kappa shape index (κ2) is 9.45. The van der Waals surface area contributed by atoms with Gasteiger partial charge in [-0.1, -0.05) is 40.2 Å². The van der Waals surface area contributed by atoms with E-state index in [1.807, 2.05) is 31.1 Å². The quantitative estimate of drug-likeness (QED) is 0.376. The van der Waals surface area contributed by atoms with Crippen molar-refractivity contribution in [1.82, 2.24) is 9.80 Å². The Morgan fingerprint density at radius 1 is 1.17 bits per heavy atom. The number of rotatable bonds is 7. The van der Waals surface area contributed by atoms with Crippen molar-refractivity contribution in [2.24, 2.45) is 0 Å². The summed E-state index contributed by atoms with van der Waals surface area (Å²) in [6.07, 6.45) is 0.707. The largest absolute Gasteiger partial charge is 0.507 e. The van der Waals surface area contributed by atoms with Crippen molar-refractivity contribution < 1.29 is 19.4 Å². The normalized spacial score (nSPS) is 18.3. The molecule has 1 aliphatic heterocycles. The van der Waals surface area contributed by atoms with Gasteiger partial charge in [-0.3, -0.25) is 9.59 Å². The van der Waals surface area contributed by atoms with E-state index in [2.05, 4.69) is 15.9 Å². The number of carbonyl (C=O) groups is 2. The molecule has 30 heavy (non-hydrogen) atoms. The van der Waals surface area contributed by atoms with Crippen molar-refractivity contribution in [1.29, 1.82) is 0 Å². The van der Waals surface area contributed by atoms with E-state index in [9.17, 15) is 14.7 Å². The molecule has 1 atom stereocenters. The van der Waals surface area contributed by atoms with Gasteiger partial charge in [-0.05, 0) is 56.9 Å². The second-order valence-electron chi connectivity index (χ2n) is 7.43. The van der Waals surface area contributed by atoms with Crippen LogP contribution in [0.3, 0.4) is 0 Å². The van der Waals surface area contributed by atoms with Crippen LogP contribution in [0.15, 0.2) is 58.6 Å². The first-order valence-corrected chi connectivity index (χ1v) is 10.5. The van der Waals surface area contributed by atoms with Gasteiger partial charge in [0.25, 0.3) is 11.7 Å². The summed E-state index contributed by atoms with van der Waals surface area (Å²) in [5.74, 6) is -0.827. The number of benzene rings is 2. The number of hydrogen-bond donors (Lipinski definition) is 1. The number of carbonyl (C=O) groups excluding carboxylic acids is 2. The number of ether oxygens (including phenoxy) is 1. The van der Waals surface area contributed by atoms with Gasteiger partial charge < -0.3 is 19.6 Å². The van der Waals surface area contributed by atoms with Crippen molar-refractivity contribution >= 4 is 33.4 Å². The van der Waals surface area contributed by atoms with E-state index >= 15 is 0 Å². The average molecular weight is 473 g/mol. The van der Waals surface area contributed by atoms with Gasteiger partial charge in [0.2, 0.25) is 0 Å². The van der Waals surface area contributed by atoms with Crippen LogP contribution in [0.25, 0.3) is 5.76 Å². The lowest BCUT2D eigenvalue weighted by atomic mass is 9.95. The Balaban J connectivity index is 2.10. The number of aliphatic hydroxyl groups excluding tert-OH is 1. The summed E-state index contributed by atoms with van der Waals surface area (Å²) in [7, 11) is 5.48. The minimum absolute atomic E-state index is 0.0976. The number of aliphatic hydroxyl groups is 1. The molecule has 1 aliphatic rings. The molecule has 1 unspecified atom stereocenters. The highest BCUT2D eigenvalue weighted by atomic mass is 79.9. The zero-order valence-corrected chi connectivity index (χ0v) is 18.8. The van der Waals surface area contributed by atoms with Crippen molar-refractivity contribution in [3.63, 3.8) is 0 Å². The Morgan fingerprint density at radius 2 is 1.87 bits per heavy atom. The SMILES string of the molecule is COc1cccc(C2/C(=C(\O)c3ccc(Br)cc3)C(=O)C(=O)N2CCCN(C)C)c1. The van der Waals surface area contributed by atoms with E-state index in [1.54, 1.807) is 48.4 Å². The third-order valence-corrected chi connectivity index (χ3v) is 5.60. The number of amides is 1. The first-order valence-electron chi connectivity index (χ1n) is 9.66. The van der Waals surface area contributed by atoms with Crippen LogP contribution in [0.5, 0.6) is 5.75 Å². The van der Waals surface area contributed by atoms with E-state index in [1.165, 1.54) is 0 Å². The number of ketones is 1. The fourth-order valence-electron chi connectivity index (χ4n) is 3.59. The average Bonchev–Trinajstić information content (AvgIpc) is 2.98. The number of likely N-dealkylation sites (tertiary alicyclic amines) is 1. The molecule has 0 bridgehead atoms. The van der Waals surface area contributed by atoms with E-state index in [0.717, 1.165) is 16.6 Å². The zero-order chi connectivity index (χ0) is 21.8. The molecule has 0 spiro atoms. The molecule has 0 radical (unpaired) electrons. The highest BCUT2D eigenvalue weighted by Gasteiger charge is 2.45. The van der Waals surface area contributed by atoms with Gasteiger partial charge in [-0.2, -0.15) is 0 Å². The third-order valence-electron chi connectivity index (χ3n) is 5.07. The Bertz CT molecular complexity index is 969. The van der Waals surface area contributed by atoms with Gasteiger partial charge in [0.1, 0.15) is 11.5 Å². The van der Waals surface area contributed by atoms with Crippen LogP contribution in [0.2, 0.25) is 0 Å². The summed E-state index contributed by atoms with van der Waals surface area (Å²) >= 11 is 3.37. The molecule has 3 rings (SSSR count). The monoisotopic (exact) mass is 472 g/mol. The van der Waals surface area contributed by atoms with Crippen molar-refractivity contribution in [2.75, 3.05) is 34.3 Å². The topological polar surface area (TPSA) is 70.1 Å². The number of Topliss-reactive ketones (excluding diaryl/α,β-unsaturated/α-hetero) is 1. The summed E-state index contributed by atoms with van der Waals surface area (Å²) in [6.45, 7) is 1.18. The second-order valence-corrected chi connectivity index (χ2v) is 8.35. The van der Waals surface area contributed by atoms with Crippen LogP contribution in [-0.4, -0.2) is 60.9 Å². The van der Waals surface area contributed by atoms with Crippen LogP contribution in [0.4, 0.5) is 0 Å². The molecule has 0 aromatic heterocycles. The molecule has 6 nitrogen and oxygen atoms in total. The highest BCUT2D eigenvalue weighted by molar-refractivity contribution is 9.10. The van der Waals surface area contributed by atoms with E-state index < -0.39 is 17.7 Å². The Hall–Kier alpha value is -2.64. The van der Waals surface area contributed by atoms with E-state index in [4.69, 9.17) is 4.74 Å². The van der Waals surface area contributed by atoms with Gasteiger partial charge in [0, 0.05) is 16.6 Å². The van der Waals surface area contributed by atoms with Crippen LogP contribution in [0.1, 0.15) is 23.6 Å². The maximum absolute atomic E-state index is 13.0. The predicted molar refractivity (Wildman–Crippen MR) is 119 cm³/mol. The maximum Gasteiger partial charge on any atom is 0.295 e. The number of nitrogens with zero attached hydrogens (tertiary/aromatic N) is 2. The molecule has 1 amide bonds. The molecule has 1 fully saturated rings. The lowest BCUT2D eigenvalue weighted by molar-refractivity contribution is -0.139. The molecule has 2 aromatic rings. The van der Waals surface area contributed by atoms with Crippen LogP contribution >= 0.6 is 15.9 Å². The van der Waals surface area contributed by atoms with Crippen molar-refractivity contribution in [2.45, 2.75) is 12.5 Å². The fourth-order valence-corrected chi connectivity index (χ4v) is 3.85. The number of halogens is 1. The molecule has 1 heterocycles. The number of methoxy groups -OCH3 is 1. The summed E-state index contributed by atoms with van der Waals surface area (Å²) in [5, 5.41) is 11.0. The smallest absolute Gasteiger partial charge is 0.295 e. The summed E-state index contributed by atoms with van der Waals surface area (Å²) in [6, 6.07) is 13.6. The summed E-state index contributed by atoms with van der Waals surface area (Å²) in [4.78, 5) is 29.4. The molecule has 7 heteroatoms. The Kier molecular flexibility index (Phi) is 6.95. The molecule has 0 aliphatic carbocycles. The van der Waals surface area contributed by atoms with Gasteiger partial charge in [0.05, 0.1) is 18.7 Å². The minimum atomic E-state index is -0.675. The Labute approximate surface area is 184 Å². The highest BCUT2D eigenvalue weighted by Crippen LogP contribution is 2.40. The van der Waals surface area contributed by atoms with Crippen LogP contribution < -0.4 is 4.74 Å². The predicted octanol–water partition coefficient (Wildman–Crippen LogP) is 3.83.